The predicted octanol–water partition coefficient (Wildman–Crippen LogP) is 4.07. The monoisotopic (exact) mass is 284 g/mol. The van der Waals surface area contributed by atoms with Crippen molar-refractivity contribution in [1.82, 2.24) is 0 Å². The van der Waals surface area contributed by atoms with Crippen LogP contribution in [0.25, 0.3) is 0 Å². The third-order valence-electron chi connectivity index (χ3n) is 3.13. The van der Waals surface area contributed by atoms with Crippen molar-refractivity contribution in [2.45, 2.75) is 26.7 Å². The van der Waals surface area contributed by atoms with E-state index in [0.29, 0.717) is 25.2 Å². The molecule has 2 aromatic rings. The van der Waals surface area contributed by atoms with Crippen molar-refractivity contribution < 1.29 is 14.3 Å². The first-order valence-corrected chi connectivity index (χ1v) is 7.11. The maximum atomic E-state index is 11.7. The molecule has 0 atom stereocenters. The molecule has 0 spiro atoms. The lowest BCUT2D eigenvalue weighted by Crippen LogP contribution is -2.10. The first-order chi connectivity index (χ1) is 10.1. The zero-order valence-electron chi connectivity index (χ0n) is 12.5. The number of carbonyl (C=O) groups excluding carboxylic acids is 1. The van der Waals surface area contributed by atoms with Gasteiger partial charge in [0.15, 0.2) is 0 Å². The van der Waals surface area contributed by atoms with Gasteiger partial charge >= 0.3 is 5.97 Å². The summed E-state index contributed by atoms with van der Waals surface area (Å²) in [5, 5.41) is 0. The third kappa shape index (κ3) is 4.95. The van der Waals surface area contributed by atoms with E-state index >= 15 is 0 Å². The van der Waals surface area contributed by atoms with Crippen LogP contribution in [0.2, 0.25) is 0 Å². The minimum Gasteiger partial charge on any atom is -0.494 e. The smallest absolute Gasteiger partial charge is 0.311 e. The van der Waals surface area contributed by atoms with Crippen LogP contribution in [0, 0.1) is 13.8 Å². The molecule has 0 unspecified atom stereocenters. The second kappa shape index (κ2) is 7.48. The molecule has 0 aliphatic rings. The van der Waals surface area contributed by atoms with Gasteiger partial charge in [0, 0.05) is 6.42 Å². The molecule has 0 aromatic heterocycles. The van der Waals surface area contributed by atoms with Crippen LogP contribution in [-0.4, -0.2) is 12.6 Å². The highest BCUT2D eigenvalue weighted by Gasteiger charge is 2.06. The van der Waals surface area contributed by atoms with Crippen LogP contribution in [-0.2, 0) is 4.79 Å². The molecule has 110 valence electrons. The summed E-state index contributed by atoms with van der Waals surface area (Å²) in [7, 11) is 0. The number of hydrogen-bond acceptors (Lipinski definition) is 3. The fourth-order valence-electron chi connectivity index (χ4n) is 1.89. The van der Waals surface area contributed by atoms with Gasteiger partial charge in [0.1, 0.15) is 11.5 Å². The van der Waals surface area contributed by atoms with Crippen LogP contribution in [0.1, 0.15) is 24.0 Å². The molecular weight excluding hydrogens is 264 g/mol. The average Bonchev–Trinajstić information content (AvgIpc) is 2.48. The molecule has 0 aliphatic heterocycles. The van der Waals surface area contributed by atoms with Crippen molar-refractivity contribution in [3.63, 3.8) is 0 Å². The highest BCUT2D eigenvalue weighted by molar-refractivity contribution is 5.72. The highest BCUT2D eigenvalue weighted by atomic mass is 16.5. The average molecular weight is 284 g/mol. The number of hydrogen-bond donors (Lipinski definition) is 0. The molecular formula is C18H20O3. The van der Waals surface area contributed by atoms with Crippen LogP contribution >= 0.6 is 0 Å². The third-order valence-corrected chi connectivity index (χ3v) is 3.13. The van der Waals surface area contributed by atoms with E-state index in [1.54, 1.807) is 6.07 Å². The van der Waals surface area contributed by atoms with E-state index in [-0.39, 0.29) is 5.97 Å². The number of para-hydroxylation sites is 1. The molecule has 0 bridgehead atoms. The minimum absolute atomic E-state index is 0.225. The van der Waals surface area contributed by atoms with Gasteiger partial charge in [-0.05, 0) is 44.0 Å². The van der Waals surface area contributed by atoms with Crippen molar-refractivity contribution in [3.8, 4) is 11.5 Å². The van der Waals surface area contributed by atoms with Crippen molar-refractivity contribution in [3.05, 3.63) is 59.7 Å². The highest BCUT2D eigenvalue weighted by Crippen LogP contribution is 2.17. The van der Waals surface area contributed by atoms with Crippen LogP contribution in [0.4, 0.5) is 0 Å². The Balaban J connectivity index is 1.70. The summed E-state index contributed by atoms with van der Waals surface area (Å²) in [6.07, 6.45) is 0.985. The Bertz CT molecular complexity index is 588. The minimum atomic E-state index is -0.225. The zero-order chi connectivity index (χ0) is 15.1. The van der Waals surface area contributed by atoms with E-state index in [1.165, 1.54) is 5.56 Å². The molecule has 0 saturated heterocycles. The number of esters is 1. The molecule has 0 N–H and O–H groups in total. The van der Waals surface area contributed by atoms with Gasteiger partial charge in [0.2, 0.25) is 0 Å². The molecule has 21 heavy (non-hydrogen) atoms. The fourth-order valence-corrected chi connectivity index (χ4v) is 1.89. The van der Waals surface area contributed by atoms with Gasteiger partial charge in [-0.1, -0.05) is 35.9 Å². The quantitative estimate of drug-likeness (QED) is 0.456. The summed E-state index contributed by atoms with van der Waals surface area (Å²) in [5.74, 6) is 1.23. The Morgan fingerprint density at radius 3 is 2.43 bits per heavy atom. The van der Waals surface area contributed by atoms with Crippen LogP contribution in [0.5, 0.6) is 11.5 Å². The molecule has 0 saturated carbocycles. The molecule has 0 aliphatic carbocycles. The lowest BCUT2D eigenvalue weighted by atomic mass is 10.2. The molecule has 3 nitrogen and oxygen atoms in total. The predicted molar refractivity (Wildman–Crippen MR) is 82.7 cm³/mol. The molecule has 0 heterocycles. The number of aryl methyl sites for hydroxylation is 2. The van der Waals surface area contributed by atoms with Gasteiger partial charge in [-0.15, -0.1) is 0 Å². The first-order valence-electron chi connectivity index (χ1n) is 7.11. The van der Waals surface area contributed by atoms with Crippen LogP contribution in [0.3, 0.4) is 0 Å². The van der Waals surface area contributed by atoms with Gasteiger partial charge in [0.25, 0.3) is 0 Å². The number of rotatable bonds is 6. The maximum absolute atomic E-state index is 11.7. The van der Waals surface area contributed by atoms with E-state index in [0.717, 1.165) is 11.3 Å². The van der Waals surface area contributed by atoms with E-state index in [2.05, 4.69) is 0 Å². The summed E-state index contributed by atoms with van der Waals surface area (Å²) >= 11 is 0. The first kappa shape index (κ1) is 15.1. The van der Waals surface area contributed by atoms with Gasteiger partial charge in [-0.25, -0.2) is 0 Å². The lowest BCUT2D eigenvalue weighted by Gasteiger charge is -2.08. The normalized spacial score (nSPS) is 10.2. The van der Waals surface area contributed by atoms with Crippen molar-refractivity contribution >= 4 is 5.97 Å². The number of benzene rings is 2. The molecule has 2 rings (SSSR count). The van der Waals surface area contributed by atoms with E-state index < -0.39 is 0 Å². The van der Waals surface area contributed by atoms with Gasteiger partial charge in [-0.3, -0.25) is 4.79 Å². The van der Waals surface area contributed by atoms with E-state index in [9.17, 15) is 4.79 Å². The largest absolute Gasteiger partial charge is 0.494 e. The lowest BCUT2D eigenvalue weighted by molar-refractivity contribution is -0.134. The Morgan fingerprint density at radius 2 is 1.71 bits per heavy atom. The van der Waals surface area contributed by atoms with Crippen LogP contribution < -0.4 is 9.47 Å². The van der Waals surface area contributed by atoms with Gasteiger partial charge in [-0.2, -0.15) is 0 Å². The van der Waals surface area contributed by atoms with E-state index in [4.69, 9.17) is 9.47 Å². The van der Waals surface area contributed by atoms with Crippen LogP contribution in [0.15, 0.2) is 48.5 Å². The molecule has 0 radical (unpaired) electrons. The Morgan fingerprint density at radius 1 is 1.00 bits per heavy atom. The summed E-state index contributed by atoms with van der Waals surface area (Å²) in [6.45, 7) is 4.46. The summed E-state index contributed by atoms with van der Waals surface area (Å²) in [5.41, 5.74) is 2.16. The topological polar surface area (TPSA) is 35.5 Å². The Labute approximate surface area is 125 Å². The maximum Gasteiger partial charge on any atom is 0.311 e. The van der Waals surface area contributed by atoms with Crippen molar-refractivity contribution in [2.24, 2.45) is 0 Å². The zero-order valence-corrected chi connectivity index (χ0v) is 12.5. The fraction of sp³-hybridized carbons (Fsp3) is 0.278. The second-order valence-corrected chi connectivity index (χ2v) is 5.00. The molecule has 3 heteroatoms. The SMILES string of the molecule is Cc1ccc(OCCCC(=O)Oc2ccccc2C)cc1. The van der Waals surface area contributed by atoms with Crippen molar-refractivity contribution in [1.29, 1.82) is 0 Å². The molecule has 0 amide bonds. The Kier molecular flexibility index (Phi) is 5.38. The summed E-state index contributed by atoms with van der Waals surface area (Å²) in [6, 6.07) is 15.4. The van der Waals surface area contributed by atoms with Crippen molar-refractivity contribution in [2.75, 3.05) is 6.61 Å². The molecule has 0 fully saturated rings. The second-order valence-electron chi connectivity index (χ2n) is 5.00. The van der Waals surface area contributed by atoms with Gasteiger partial charge in [0.05, 0.1) is 6.61 Å². The summed E-state index contributed by atoms with van der Waals surface area (Å²) in [4.78, 5) is 11.7. The number of ether oxygens (including phenoxy) is 2. The Hall–Kier alpha value is -2.29. The van der Waals surface area contributed by atoms with Gasteiger partial charge < -0.3 is 9.47 Å². The summed E-state index contributed by atoms with van der Waals surface area (Å²) < 4.78 is 10.9. The number of carbonyl (C=O) groups is 1. The van der Waals surface area contributed by atoms with E-state index in [1.807, 2.05) is 56.3 Å². The molecule has 2 aromatic carbocycles. The standard InChI is InChI=1S/C18H20O3/c1-14-9-11-16(12-10-14)20-13-5-8-18(19)21-17-7-4-3-6-15(17)2/h3-4,6-7,9-12H,5,8,13H2,1-2H3.